The minimum Gasteiger partial charge on any atom is -0.398 e. The van der Waals surface area contributed by atoms with Gasteiger partial charge in [-0.25, -0.2) is 8.42 Å². The molecule has 20 heavy (non-hydrogen) atoms. The molecule has 0 aliphatic carbocycles. The highest BCUT2D eigenvalue weighted by atomic mass is 79.9. The Morgan fingerprint density at radius 2 is 2.05 bits per heavy atom. The van der Waals surface area contributed by atoms with Crippen molar-refractivity contribution in [2.24, 2.45) is 0 Å². The average molecular weight is 363 g/mol. The molecule has 1 heterocycles. The van der Waals surface area contributed by atoms with E-state index in [-0.39, 0.29) is 16.7 Å². The number of nitrogens with zero attached hydrogens (tertiary/aromatic N) is 1. The molecule has 1 saturated heterocycles. The summed E-state index contributed by atoms with van der Waals surface area (Å²) in [5, 5.41) is 0. The Labute approximate surface area is 128 Å². The summed E-state index contributed by atoms with van der Waals surface area (Å²) in [5.41, 5.74) is 6.10. The van der Waals surface area contributed by atoms with Crippen molar-refractivity contribution >= 4 is 31.6 Å². The molecule has 2 N–H and O–H groups in total. The van der Waals surface area contributed by atoms with Gasteiger partial charge in [-0.15, -0.1) is 0 Å². The molecule has 7 heteroatoms. The number of ether oxygens (including phenoxy) is 1. The molecule has 1 aliphatic rings. The number of anilines is 1. The lowest BCUT2D eigenvalue weighted by Crippen LogP contribution is -2.41. The maximum Gasteiger partial charge on any atom is 0.245 e. The van der Waals surface area contributed by atoms with Crippen LogP contribution >= 0.6 is 15.9 Å². The lowest BCUT2D eigenvalue weighted by molar-refractivity contribution is 0.0290. The van der Waals surface area contributed by atoms with Gasteiger partial charge in [0.15, 0.2) is 0 Å². The van der Waals surface area contributed by atoms with Crippen LogP contribution in [0.1, 0.15) is 19.8 Å². The summed E-state index contributed by atoms with van der Waals surface area (Å²) in [6, 6.07) is 4.85. The van der Waals surface area contributed by atoms with Crippen LogP contribution in [0.4, 0.5) is 5.69 Å². The number of piperidine rings is 1. The topological polar surface area (TPSA) is 72.6 Å². The number of benzene rings is 1. The summed E-state index contributed by atoms with van der Waals surface area (Å²) in [6.07, 6.45) is 1.61. The smallest absolute Gasteiger partial charge is 0.245 e. The quantitative estimate of drug-likeness (QED) is 0.833. The molecular formula is C13H19BrN2O3S. The molecule has 0 radical (unpaired) electrons. The van der Waals surface area contributed by atoms with Gasteiger partial charge in [0.05, 0.1) is 11.8 Å². The lowest BCUT2D eigenvalue weighted by atomic mass is 10.1. The van der Waals surface area contributed by atoms with Crippen molar-refractivity contribution in [3.05, 3.63) is 22.7 Å². The zero-order valence-electron chi connectivity index (χ0n) is 11.4. The number of halogens is 1. The van der Waals surface area contributed by atoms with Crippen molar-refractivity contribution < 1.29 is 13.2 Å². The predicted octanol–water partition coefficient (Wildman–Crippen LogP) is 2.22. The molecular weight excluding hydrogens is 344 g/mol. The van der Waals surface area contributed by atoms with Crippen LogP contribution in [0.2, 0.25) is 0 Å². The third kappa shape index (κ3) is 3.33. The molecule has 0 spiro atoms. The van der Waals surface area contributed by atoms with Crippen molar-refractivity contribution in [1.29, 1.82) is 0 Å². The Morgan fingerprint density at radius 3 is 2.60 bits per heavy atom. The van der Waals surface area contributed by atoms with E-state index in [4.69, 9.17) is 10.5 Å². The van der Waals surface area contributed by atoms with Gasteiger partial charge in [0, 0.05) is 24.2 Å². The Balaban J connectivity index is 2.15. The Bertz CT molecular complexity index is 569. The Hall–Kier alpha value is -0.630. The molecule has 1 aromatic rings. The zero-order valence-corrected chi connectivity index (χ0v) is 13.8. The van der Waals surface area contributed by atoms with E-state index in [1.165, 1.54) is 4.31 Å². The van der Waals surface area contributed by atoms with Gasteiger partial charge in [-0.05, 0) is 38.0 Å². The van der Waals surface area contributed by atoms with E-state index in [2.05, 4.69) is 15.9 Å². The lowest BCUT2D eigenvalue weighted by Gasteiger charge is -2.31. The monoisotopic (exact) mass is 362 g/mol. The second-order valence-electron chi connectivity index (χ2n) is 4.74. The highest BCUT2D eigenvalue weighted by Gasteiger charge is 2.30. The normalized spacial score (nSPS) is 18.3. The fourth-order valence-corrected chi connectivity index (χ4v) is 4.31. The third-order valence-electron chi connectivity index (χ3n) is 3.39. The number of sulfonamides is 1. The minimum absolute atomic E-state index is 0.161. The van der Waals surface area contributed by atoms with Crippen molar-refractivity contribution in [2.45, 2.75) is 30.8 Å². The first kappa shape index (κ1) is 15.8. The number of hydrogen-bond acceptors (Lipinski definition) is 4. The van der Waals surface area contributed by atoms with E-state index in [0.29, 0.717) is 19.7 Å². The molecule has 112 valence electrons. The van der Waals surface area contributed by atoms with Crippen LogP contribution in [0.3, 0.4) is 0 Å². The second kappa shape index (κ2) is 6.43. The third-order valence-corrected chi connectivity index (χ3v) is 5.86. The SMILES string of the molecule is CCOC1CCN(S(=O)(=O)c2ccc(Br)cc2N)CC1. The molecule has 2 rings (SSSR count). The van der Waals surface area contributed by atoms with Crippen molar-refractivity contribution in [2.75, 3.05) is 25.4 Å². The molecule has 0 amide bonds. The molecule has 0 aromatic heterocycles. The van der Waals surface area contributed by atoms with Gasteiger partial charge >= 0.3 is 0 Å². The van der Waals surface area contributed by atoms with Gasteiger partial charge in [0.25, 0.3) is 0 Å². The molecule has 0 atom stereocenters. The molecule has 1 fully saturated rings. The predicted molar refractivity (Wildman–Crippen MR) is 82.0 cm³/mol. The van der Waals surface area contributed by atoms with Gasteiger partial charge in [0.2, 0.25) is 10.0 Å². The van der Waals surface area contributed by atoms with Gasteiger partial charge in [-0.1, -0.05) is 15.9 Å². The van der Waals surface area contributed by atoms with Crippen molar-refractivity contribution in [3.8, 4) is 0 Å². The first-order chi connectivity index (χ1) is 9.45. The Kier molecular flexibility index (Phi) is 5.06. The van der Waals surface area contributed by atoms with Crippen LogP contribution in [-0.2, 0) is 14.8 Å². The summed E-state index contributed by atoms with van der Waals surface area (Å²) >= 11 is 3.28. The average Bonchev–Trinajstić information content (AvgIpc) is 2.39. The van der Waals surface area contributed by atoms with Crippen LogP contribution < -0.4 is 5.73 Å². The first-order valence-electron chi connectivity index (χ1n) is 6.62. The maximum absolute atomic E-state index is 12.6. The molecule has 1 aromatic carbocycles. The van der Waals surface area contributed by atoms with Crippen molar-refractivity contribution in [1.82, 2.24) is 4.31 Å². The van der Waals surface area contributed by atoms with E-state index < -0.39 is 10.0 Å². The summed E-state index contributed by atoms with van der Waals surface area (Å²) in [7, 11) is -3.52. The van der Waals surface area contributed by atoms with Crippen LogP contribution in [0.5, 0.6) is 0 Å². The highest BCUT2D eigenvalue weighted by Crippen LogP contribution is 2.28. The summed E-state index contributed by atoms with van der Waals surface area (Å²) in [5.74, 6) is 0. The first-order valence-corrected chi connectivity index (χ1v) is 8.85. The minimum atomic E-state index is -3.52. The summed E-state index contributed by atoms with van der Waals surface area (Å²) < 4.78 is 32.9. The van der Waals surface area contributed by atoms with E-state index in [0.717, 1.165) is 17.3 Å². The largest absolute Gasteiger partial charge is 0.398 e. The number of nitrogen functional groups attached to an aromatic ring is 1. The van der Waals surface area contributed by atoms with E-state index in [9.17, 15) is 8.42 Å². The number of hydrogen-bond donors (Lipinski definition) is 1. The van der Waals surface area contributed by atoms with Gasteiger partial charge in [-0.3, -0.25) is 0 Å². The molecule has 5 nitrogen and oxygen atoms in total. The maximum atomic E-state index is 12.6. The summed E-state index contributed by atoms with van der Waals surface area (Å²) in [4.78, 5) is 0.176. The fourth-order valence-electron chi connectivity index (χ4n) is 2.37. The number of nitrogens with two attached hydrogens (primary N) is 1. The van der Waals surface area contributed by atoms with Gasteiger partial charge in [-0.2, -0.15) is 4.31 Å². The standard InChI is InChI=1S/C13H19BrN2O3S/c1-2-19-11-5-7-16(8-6-11)20(17,18)13-4-3-10(14)9-12(13)15/h3-4,9,11H,2,5-8,15H2,1H3. The molecule has 0 bridgehead atoms. The molecule has 1 aliphatic heterocycles. The van der Waals surface area contributed by atoms with E-state index >= 15 is 0 Å². The molecule has 0 unspecified atom stereocenters. The molecule has 0 saturated carbocycles. The van der Waals surface area contributed by atoms with Gasteiger partial charge < -0.3 is 10.5 Å². The van der Waals surface area contributed by atoms with Gasteiger partial charge in [0.1, 0.15) is 4.90 Å². The second-order valence-corrected chi connectivity index (χ2v) is 7.56. The van der Waals surface area contributed by atoms with Crippen LogP contribution in [-0.4, -0.2) is 38.5 Å². The van der Waals surface area contributed by atoms with Crippen molar-refractivity contribution in [3.63, 3.8) is 0 Å². The van der Waals surface area contributed by atoms with E-state index in [1.54, 1.807) is 18.2 Å². The van der Waals surface area contributed by atoms with Crippen LogP contribution in [0.25, 0.3) is 0 Å². The van der Waals surface area contributed by atoms with E-state index in [1.807, 2.05) is 6.92 Å². The zero-order chi connectivity index (χ0) is 14.8. The Morgan fingerprint density at radius 1 is 1.40 bits per heavy atom. The number of rotatable bonds is 4. The van der Waals surface area contributed by atoms with Crippen LogP contribution in [0, 0.1) is 0 Å². The fraction of sp³-hybridized carbons (Fsp3) is 0.538. The van der Waals surface area contributed by atoms with Crippen LogP contribution in [0.15, 0.2) is 27.6 Å². The highest BCUT2D eigenvalue weighted by molar-refractivity contribution is 9.10. The summed E-state index contributed by atoms with van der Waals surface area (Å²) in [6.45, 7) is 3.56.